The Morgan fingerprint density at radius 3 is 2.58 bits per heavy atom. The predicted molar refractivity (Wildman–Crippen MR) is 145 cm³/mol. The van der Waals surface area contributed by atoms with Gasteiger partial charge in [-0.25, -0.2) is 0 Å². The summed E-state index contributed by atoms with van der Waals surface area (Å²) in [6, 6.07) is 22.0. The Morgan fingerprint density at radius 1 is 1.03 bits per heavy atom. The first-order valence-electron chi connectivity index (χ1n) is 12.4. The molecule has 1 N–H and O–H groups in total. The van der Waals surface area contributed by atoms with Crippen molar-refractivity contribution in [3.05, 3.63) is 94.5 Å². The summed E-state index contributed by atoms with van der Waals surface area (Å²) >= 11 is 5.99. The monoisotopic (exact) mass is 502 g/mol. The van der Waals surface area contributed by atoms with Crippen molar-refractivity contribution < 1.29 is 14.3 Å². The van der Waals surface area contributed by atoms with Crippen LogP contribution in [0.25, 0.3) is 6.08 Å². The Kier molecular flexibility index (Phi) is 6.44. The number of ether oxygens (including phenoxy) is 2. The van der Waals surface area contributed by atoms with E-state index in [1.54, 1.807) is 0 Å². The molecule has 186 valence electrons. The lowest BCUT2D eigenvalue weighted by molar-refractivity contribution is -0.124. The molecule has 1 amide bonds. The number of rotatable bonds is 7. The molecule has 0 aliphatic carbocycles. The fourth-order valence-corrected chi connectivity index (χ4v) is 5.42. The van der Waals surface area contributed by atoms with E-state index in [2.05, 4.69) is 60.5 Å². The van der Waals surface area contributed by atoms with Crippen molar-refractivity contribution >= 4 is 29.3 Å². The van der Waals surface area contributed by atoms with Crippen LogP contribution in [0.3, 0.4) is 0 Å². The first-order chi connectivity index (χ1) is 17.3. The number of halogens is 1. The molecule has 1 atom stereocenters. The van der Waals surface area contributed by atoms with Crippen LogP contribution in [0, 0.1) is 0 Å². The van der Waals surface area contributed by atoms with Crippen molar-refractivity contribution in [1.82, 2.24) is 5.32 Å². The van der Waals surface area contributed by atoms with E-state index in [0.29, 0.717) is 42.7 Å². The van der Waals surface area contributed by atoms with Gasteiger partial charge in [-0.3, -0.25) is 4.79 Å². The zero-order chi connectivity index (χ0) is 25.3. The zero-order valence-corrected chi connectivity index (χ0v) is 21.6. The van der Waals surface area contributed by atoms with Crippen LogP contribution in [-0.4, -0.2) is 24.7 Å². The third kappa shape index (κ3) is 4.22. The topological polar surface area (TPSA) is 50.8 Å². The maximum absolute atomic E-state index is 12.6. The first kappa shape index (κ1) is 24.3. The van der Waals surface area contributed by atoms with Gasteiger partial charge in [-0.05, 0) is 60.0 Å². The Labute approximate surface area is 217 Å². The molecule has 2 aliphatic rings. The lowest BCUT2D eigenvalue weighted by Gasteiger charge is -2.49. The minimum absolute atomic E-state index is 0.0673. The first-order valence-corrected chi connectivity index (χ1v) is 12.7. The zero-order valence-electron chi connectivity index (χ0n) is 20.9. The third-order valence-corrected chi connectivity index (χ3v) is 7.48. The van der Waals surface area contributed by atoms with Crippen LogP contribution in [0.4, 0.5) is 5.69 Å². The van der Waals surface area contributed by atoms with Gasteiger partial charge in [0, 0.05) is 29.1 Å². The molecule has 0 unspecified atom stereocenters. The maximum Gasteiger partial charge on any atom is 0.223 e. The van der Waals surface area contributed by atoms with Gasteiger partial charge >= 0.3 is 0 Å². The summed E-state index contributed by atoms with van der Waals surface area (Å²) in [5.74, 6) is 1.44. The maximum atomic E-state index is 12.6. The molecule has 2 heterocycles. The van der Waals surface area contributed by atoms with E-state index in [9.17, 15) is 4.79 Å². The molecule has 36 heavy (non-hydrogen) atoms. The summed E-state index contributed by atoms with van der Waals surface area (Å²) in [5.41, 5.74) is 3.44. The molecule has 0 radical (unpaired) electrons. The van der Waals surface area contributed by atoms with E-state index in [-0.39, 0.29) is 11.3 Å². The molecule has 5 rings (SSSR count). The van der Waals surface area contributed by atoms with Gasteiger partial charge in [-0.1, -0.05) is 67.9 Å². The summed E-state index contributed by atoms with van der Waals surface area (Å²) < 4.78 is 12.0. The molecule has 5 nitrogen and oxygen atoms in total. The standard InChI is InChI=1S/C30H31ClN2O3/c1-4-35-27-19-21(11-14-26(27)36-20-22-9-12-23(31)13-10-22)15-17-30-29(2,3)24-7-5-6-8-25(24)33(30)18-16-28(34)32-30/h5-15,17,19H,4,16,18,20H2,1-3H3,(H,32,34)/b17-15+/t30-/m0/s1. The van der Waals surface area contributed by atoms with E-state index >= 15 is 0 Å². The Hall–Kier alpha value is -3.44. The highest BCUT2D eigenvalue weighted by Gasteiger charge is 2.57. The van der Waals surface area contributed by atoms with E-state index in [4.69, 9.17) is 21.1 Å². The highest BCUT2D eigenvalue weighted by molar-refractivity contribution is 6.30. The molecule has 1 saturated heterocycles. The second kappa shape index (κ2) is 9.55. The number of nitrogens with one attached hydrogen (secondary N) is 1. The molecule has 1 fully saturated rings. The SMILES string of the molecule is CCOc1cc(/C=C/[C@]23NC(=O)CCN2c2ccccc2C3(C)C)ccc1OCc1ccc(Cl)cc1. The van der Waals surface area contributed by atoms with Gasteiger partial charge in [-0.2, -0.15) is 0 Å². The van der Waals surface area contributed by atoms with Crippen molar-refractivity contribution in [3.8, 4) is 11.5 Å². The normalized spacial score (nSPS) is 20.1. The molecule has 0 bridgehead atoms. The molecule has 3 aromatic rings. The lowest BCUT2D eigenvalue weighted by Crippen LogP contribution is -2.68. The average Bonchev–Trinajstić information content (AvgIpc) is 3.07. The van der Waals surface area contributed by atoms with Gasteiger partial charge in [0.25, 0.3) is 0 Å². The van der Waals surface area contributed by atoms with Crippen LogP contribution in [0.15, 0.2) is 72.8 Å². The van der Waals surface area contributed by atoms with Crippen molar-refractivity contribution in [3.63, 3.8) is 0 Å². The van der Waals surface area contributed by atoms with Crippen LogP contribution >= 0.6 is 11.6 Å². The predicted octanol–water partition coefficient (Wildman–Crippen LogP) is 6.34. The van der Waals surface area contributed by atoms with Gasteiger partial charge in [0.1, 0.15) is 12.3 Å². The van der Waals surface area contributed by atoms with Gasteiger partial charge in [0.05, 0.1) is 6.61 Å². The second-order valence-electron chi connectivity index (χ2n) is 9.75. The van der Waals surface area contributed by atoms with Crippen molar-refractivity contribution in [2.24, 2.45) is 0 Å². The number of para-hydroxylation sites is 1. The summed E-state index contributed by atoms with van der Waals surface area (Å²) in [6.45, 7) is 7.97. The van der Waals surface area contributed by atoms with Crippen LogP contribution in [0.1, 0.15) is 43.9 Å². The van der Waals surface area contributed by atoms with Crippen LogP contribution in [-0.2, 0) is 16.8 Å². The number of carbonyl (C=O) groups is 1. The number of amides is 1. The number of anilines is 1. The Morgan fingerprint density at radius 2 is 1.81 bits per heavy atom. The van der Waals surface area contributed by atoms with E-state index in [0.717, 1.165) is 11.1 Å². The number of fused-ring (bicyclic) bond motifs is 3. The quantitative estimate of drug-likeness (QED) is 0.409. The highest BCUT2D eigenvalue weighted by Crippen LogP contribution is 2.52. The molecular formula is C30H31ClN2O3. The fraction of sp³-hybridized carbons (Fsp3) is 0.300. The minimum Gasteiger partial charge on any atom is -0.490 e. The third-order valence-electron chi connectivity index (χ3n) is 7.23. The molecule has 3 aromatic carbocycles. The van der Waals surface area contributed by atoms with E-state index in [1.807, 2.05) is 49.4 Å². The minimum atomic E-state index is -0.651. The molecular weight excluding hydrogens is 472 g/mol. The van der Waals surface area contributed by atoms with Crippen LogP contribution < -0.4 is 19.7 Å². The second-order valence-corrected chi connectivity index (χ2v) is 10.2. The average molecular weight is 503 g/mol. The molecule has 0 spiro atoms. The Bertz CT molecular complexity index is 1300. The lowest BCUT2D eigenvalue weighted by atomic mass is 9.74. The summed E-state index contributed by atoms with van der Waals surface area (Å²) in [4.78, 5) is 15.0. The summed E-state index contributed by atoms with van der Waals surface area (Å²) in [7, 11) is 0. The summed E-state index contributed by atoms with van der Waals surface area (Å²) in [5, 5.41) is 4.03. The van der Waals surface area contributed by atoms with Gasteiger partial charge in [-0.15, -0.1) is 0 Å². The van der Waals surface area contributed by atoms with E-state index in [1.165, 1.54) is 11.3 Å². The summed E-state index contributed by atoms with van der Waals surface area (Å²) in [6.07, 6.45) is 4.68. The molecule has 2 aliphatic heterocycles. The molecule has 0 aromatic heterocycles. The highest BCUT2D eigenvalue weighted by atomic mass is 35.5. The van der Waals surface area contributed by atoms with Crippen LogP contribution in [0.2, 0.25) is 5.02 Å². The number of hydrogen-bond acceptors (Lipinski definition) is 4. The number of benzene rings is 3. The van der Waals surface area contributed by atoms with Crippen molar-refractivity contribution in [1.29, 1.82) is 0 Å². The Balaban J connectivity index is 1.44. The largest absolute Gasteiger partial charge is 0.490 e. The molecule has 6 heteroatoms. The van der Waals surface area contributed by atoms with Crippen molar-refractivity contribution in [2.45, 2.75) is 44.9 Å². The van der Waals surface area contributed by atoms with Gasteiger partial charge < -0.3 is 19.7 Å². The van der Waals surface area contributed by atoms with Gasteiger partial charge in [0.15, 0.2) is 11.5 Å². The van der Waals surface area contributed by atoms with Crippen LogP contribution in [0.5, 0.6) is 11.5 Å². The van der Waals surface area contributed by atoms with Gasteiger partial charge in [0.2, 0.25) is 5.91 Å². The molecule has 0 saturated carbocycles. The number of nitrogens with zero attached hydrogens (tertiary/aromatic N) is 1. The smallest absolute Gasteiger partial charge is 0.223 e. The number of carbonyl (C=O) groups excluding carboxylic acids is 1. The fourth-order valence-electron chi connectivity index (χ4n) is 5.29. The van der Waals surface area contributed by atoms with E-state index < -0.39 is 5.66 Å². The van der Waals surface area contributed by atoms with Crippen molar-refractivity contribution in [2.75, 3.05) is 18.1 Å². The number of hydrogen-bond donors (Lipinski definition) is 1.